The second kappa shape index (κ2) is 20.1. The Morgan fingerprint density at radius 2 is 0.794 bits per heavy atom. The molecule has 0 aromatic heterocycles. The van der Waals surface area contributed by atoms with Crippen LogP contribution >= 0.6 is 12.0 Å². The van der Waals surface area contributed by atoms with Gasteiger partial charge in [0.15, 0.2) is 0 Å². The van der Waals surface area contributed by atoms with Gasteiger partial charge in [0.25, 0.3) is 10.1 Å². The molecule has 0 aliphatic rings. The predicted molar refractivity (Wildman–Crippen MR) is 252 cm³/mol. The highest BCUT2D eigenvalue weighted by molar-refractivity contribution is 7.95. The topological polar surface area (TPSA) is 198 Å². The van der Waals surface area contributed by atoms with Gasteiger partial charge in [-0.05, 0) is 151 Å². The Bertz CT molecular complexity index is 3400. The van der Waals surface area contributed by atoms with Gasteiger partial charge in [-0.25, -0.2) is 22.1 Å². The first-order chi connectivity index (χ1) is 32.6. The zero-order valence-electron chi connectivity index (χ0n) is 35.7. The fourth-order valence-electron chi connectivity index (χ4n) is 6.79. The SMILES string of the molecule is COc1ccc(-c2ccc(Oc3ccc(S(=O)(=O)c4ccc(Oc5ccc(-c6ccc(Oc7ccc(S(=O)(=O)c8ccc(C)cc8)cc7)cc6)cc5)c(S(=O)(=O)O)c4)cc3SOOO)cc2)cc1. The summed E-state index contributed by atoms with van der Waals surface area (Å²) in [6.45, 7) is 1.88. The molecule has 0 aliphatic carbocycles. The first kappa shape index (κ1) is 47.5. The highest BCUT2D eigenvalue weighted by atomic mass is 32.2. The molecule has 14 nitrogen and oxygen atoms in total. The molecule has 0 fully saturated rings. The van der Waals surface area contributed by atoms with E-state index in [4.69, 9.17) is 24.2 Å². The zero-order chi connectivity index (χ0) is 48.1. The van der Waals surface area contributed by atoms with Crippen LogP contribution in [0.5, 0.6) is 40.2 Å². The summed E-state index contributed by atoms with van der Waals surface area (Å²) in [5.41, 5.74) is 4.35. The summed E-state index contributed by atoms with van der Waals surface area (Å²) in [5, 5.41) is 12.6. The van der Waals surface area contributed by atoms with Gasteiger partial charge in [-0.1, -0.05) is 71.3 Å². The van der Waals surface area contributed by atoms with E-state index in [9.17, 15) is 29.8 Å². The third kappa shape index (κ3) is 10.9. The lowest BCUT2D eigenvalue weighted by Gasteiger charge is -2.14. The fraction of sp³-hybridized carbons (Fsp3) is 0.0400. The largest absolute Gasteiger partial charge is 0.497 e. The third-order valence-corrected chi connectivity index (χ3v) is 15.4. The molecule has 0 heterocycles. The summed E-state index contributed by atoms with van der Waals surface area (Å²) in [4.78, 5) is -1.19. The molecule has 0 amide bonds. The van der Waals surface area contributed by atoms with E-state index in [1.54, 1.807) is 92.0 Å². The van der Waals surface area contributed by atoms with Crippen molar-refractivity contribution in [3.63, 3.8) is 0 Å². The number of rotatable bonds is 17. The zero-order valence-corrected chi connectivity index (χ0v) is 39.0. The molecule has 8 aromatic rings. The Morgan fingerprint density at radius 1 is 0.426 bits per heavy atom. The van der Waals surface area contributed by atoms with Crippen LogP contribution < -0.4 is 18.9 Å². The Hall–Kier alpha value is -7.00. The Balaban J connectivity index is 0.947. The number of benzene rings is 8. The molecule has 0 atom stereocenters. The normalized spacial score (nSPS) is 11.8. The molecule has 0 unspecified atom stereocenters. The lowest BCUT2D eigenvalue weighted by molar-refractivity contribution is -0.432. The molecule has 0 saturated carbocycles. The molecular weight excluding hydrogens is 953 g/mol. The van der Waals surface area contributed by atoms with Crippen LogP contribution in [0, 0.1) is 6.92 Å². The number of hydrogen-bond donors (Lipinski definition) is 2. The standard InChI is InChI=1S/C50H38O14S4/c1-33-3-23-43(24-4-33)66(52,53)44-25-21-40(22-26-44)60-39-15-7-35(8-16-39)37-11-19-42(20-12-37)62-48-30-28-46(32-50(48)68(56,57)58)67(54,55)45-27-29-47(49(31-45)65-64-63-51)61-41-17-9-36(10-18-41)34-5-13-38(59-2)14-6-34/h3-32,51H,1-2H3,(H,56,57,58). The average Bonchev–Trinajstić information content (AvgIpc) is 3.34. The fourth-order valence-corrected chi connectivity index (χ4v) is 10.6. The number of ether oxygens (including phenoxy) is 4. The summed E-state index contributed by atoms with van der Waals surface area (Å²) >= 11 is 0.456. The van der Waals surface area contributed by atoms with Crippen LogP contribution in [0.1, 0.15) is 5.56 Å². The van der Waals surface area contributed by atoms with E-state index in [1.807, 2.05) is 55.5 Å². The second-order valence-corrected chi connectivity index (χ2v) is 20.8. The van der Waals surface area contributed by atoms with Crippen molar-refractivity contribution < 1.29 is 63.4 Å². The van der Waals surface area contributed by atoms with E-state index in [0.29, 0.717) is 29.3 Å². The summed E-state index contributed by atoms with van der Waals surface area (Å²) in [6.07, 6.45) is 0. The van der Waals surface area contributed by atoms with Crippen LogP contribution in [0.3, 0.4) is 0 Å². The van der Waals surface area contributed by atoms with Gasteiger partial charge in [0.2, 0.25) is 19.7 Å². The maximum absolute atomic E-state index is 13.9. The van der Waals surface area contributed by atoms with Gasteiger partial charge >= 0.3 is 0 Å². The summed E-state index contributed by atoms with van der Waals surface area (Å²) in [5.74, 6) is 2.03. The van der Waals surface area contributed by atoms with Gasteiger partial charge < -0.3 is 18.9 Å². The Kier molecular flexibility index (Phi) is 14.0. The minimum absolute atomic E-state index is 0.0684. The maximum atomic E-state index is 13.9. The van der Waals surface area contributed by atoms with Crippen molar-refractivity contribution in [2.45, 2.75) is 36.3 Å². The van der Waals surface area contributed by atoms with E-state index in [2.05, 4.69) is 9.37 Å². The first-order valence-corrected chi connectivity index (χ1v) is 25.3. The monoisotopic (exact) mass is 990 g/mol. The lowest BCUT2D eigenvalue weighted by Crippen LogP contribution is -2.07. The second-order valence-electron chi connectivity index (χ2n) is 14.8. The first-order valence-electron chi connectivity index (χ1n) is 20.2. The highest BCUT2D eigenvalue weighted by Crippen LogP contribution is 2.39. The molecular formula is C50H38O14S4. The smallest absolute Gasteiger partial charge is 0.298 e. The van der Waals surface area contributed by atoms with E-state index in [-0.39, 0.29) is 36.8 Å². The van der Waals surface area contributed by atoms with Crippen LogP contribution in [-0.2, 0) is 39.2 Å². The van der Waals surface area contributed by atoms with Crippen molar-refractivity contribution in [3.05, 3.63) is 188 Å². The van der Waals surface area contributed by atoms with E-state index < -0.39 is 39.6 Å². The van der Waals surface area contributed by atoms with E-state index in [0.717, 1.165) is 51.8 Å². The average molecular weight is 991 g/mol. The van der Waals surface area contributed by atoms with E-state index in [1.165, 1.54) is 30.3 Å². The van der Waals surface area contributed by atoms with Crippen LogP contribution in [0.15, 0.2) is 211 Å². The van der Waals surface area contributed by atoms with Gasteiger partial charge in [0.1, 0.15) is 45.1 Å². The van der Waals surface area contributed by atoms with Crippen LogP contribution in [0.25, 0.3) is 22.3 Å². The van der Waals surface area contributed by atoms with E-state index >= 15 is 0 Å². The number of aryl methyl sites for hydroxylation is 1. The van der Waals surface area contributed by atoms with Crippen LogP contribution in [0.2, 0.25) is 0 Å². The molecule has 18 heteroatoms. The summed E-state index contributed by atoms with van der Waals surface area (Å²) < 4.78 is 117. The van der Waals surface area contributed by atoms with Gasteiger partial charge in [-0.2, -0.15) is 8.42 Å². The van der Waals surface area contributed by atoms with Crippen molar-refractivity contribution in [3.8, 4) is 62.5 Å². The van der Waals surface area contributed by atoms with Crippen LogP contribution in [0.4, 0.5) is 0 Å². The minimum atomic E-state index is -5.03. The quantitative estimate of drug-likeness (QED) is 0.0378. The van der Waals surface area contributed by atoms with Crippen molar-refractivity contribution in [1.29, 1.82) is 0 Å². The van der Waals surface area contributed by atoms with Crippen molar-refractivity contribution in [2.24, 2.45) is 0 Å². The lowest BCUT2D eigenvalue weighted by atomic mass is 10.1. The van der Waals surface area contributed by atoms with Gasteiger partial charge in [-0.3, -0.25) is 4.55 Å². The molecule has 0 bridgehead atoms. The number of sulfone groups is 2. The minimum Gasteiger partial charge on any atom is -0.497 e. The molecule has 0 aliphatic heterocycles. The molecule has 2 N–H and O–H groups in total. The molecule has 0 spiro atoms. The molecule has 8 aromatic carbocycles. The molecule has 0 radical (unpaired) electrons. The van der Waals surface area contributed by atoms with Crippen molar-refractivity contribution >= 4 is 41.8 Å². The predicted octanol–water partition coefficient (Wildman–Crippen LogP) is 12.1. The number of hydrogen-bond acceptors (Lipinski definition) is 14. The van der Waals surface area contributed by atoms with Crippen molar-refractivity contribution in [1.82, 2.24) is 0 Å². The molecule has 346 valence electrons. The molecule has 0 saturated heterocycles. The maximum Gasteiger partial charge on any atom is 0.298 e. The number of methoxy groups -OCH3 is 1. The van der Waals surface area contributed by atoms with Gasteiger partial charge in [0.05, 0.1) is 43.6 Å². The summed E-state index contributed by atoms with van der Waals surface area (Å²) in [6, 6.07) is 47.9. The Labute approximate surface area is 396 Å². The highest BCUT2D eigenvalue weighted by Gasteiger charge is 2.26. The third-order valence-electron chi connectivity index (χ3n) is 10.4. The Morgan fingerprint density at radius 3 is 1.25 bits per heavy atom. The molecule has 68 heavy (non-hydrogen) atoms. The van der Waals surface area contributed by atoms with Crippen LogP contribution in [-0.4, -0.2) is 42.2 Å². The summed E-state index contributed by atoms with van der Waals surface area (Å²) in [7, 11) is -11.6. The van der Waals surface area contributed by atoms with Crippen molar-refractivity contribution in [2.75, 3.05) is 7.11 Å². The van der Waals surface area contributed by atoms with Gasteiger partial charge in [0, 0.05) is 0 Å². The van der Waals surface area contributed by atoms with Gasteiger partial charge in [-0.15, -0.1) is 4.33 Å². The molecule has 8 rings (SSSR count).